The van der Waals surface area contributed by atoms with E-state index in [1.165, 1.54) is 0 Å². The third kappa shape index (κ3) is 3.70. The molecule has 1 heterocycles. The molecule has 0 aliphatic rings. The summed E-state index contributed by atoms with van der Waals surface area (Å²) in [6, 6.07) is 1.90. The van der Waals surface area contributed by atoms with Crippen LogP contribution in [0.5, 0.6) is 0 Å². The van der Waals surface area contributed by atoms with Crippen molar-refractivity contribution in [3.63, 3.8) is 0 Å². The van der Waals surface area contributed by atoms with Gasteiger partial charge in [-0.3, -0.25) is 4.79 Å². The first-order chi connectivity index (χ1) is 7.95. The maximum atomic E-state index is 12.1. The first-order valence-corrected chi connectivity index (χ1v) is 6.39. The summed E-state index contributed by atoms with van der Waals surface area (Å²) in [6.45, 7) is 6.14. The molecule has 1 unspecified atom stereocenters. The molecule has 94 valence electrons. The third-order valence-electron chi connectivity index (χ3n) is 2.69. The second-order valence-corrected chi connectivity index (χ2v) is 5.22. The van der Waals surface area contributed by atoms with Gasteiger partial charge < -0.3 is 10.6 Å². The maximum Gasteiger partial charge on any atom is 0.255 e. The van der Waals surface area contributed by atoms with Crippen LogP contribution in [0.15, 0.2) is 16.7 Å². The van der Waals surface area contributed by atoms with Crippen LogP contribution in [-0.2, 0) is 0 Å². The molecule has 1 atom stereocenters. The highest BCUT2D eigenvalue weighted by atomic mass is 79.9. The summed E-state index contributed by atoms with van der Waals surface area (Å²) in [6.07, 6.45) is 1.66. The summed E-state index contributed by atoms with van der Waals surface area (Å²) < 4.78 is 0.791. The van der Waals surface area contributed by atoms with E-state index in [0.29, 0.717) is 17.3 Å². The van der Waals surface area contributed by atoms with Gasteiger partial charge in [-0.25, -0.2) is 4.98 Å². The summed E-state index contributed by atoms with van der Waals surface area (Å²) >= 11 is 3.32. The van der Waals surface area contributed by atoms with E-state index in [2.05, 4.69) is 45.4 Å². The van der Waals surface area contributed by atoms with Gasteiger partial charge in [0.15, 0.2) is 0 Å². The lowest BCUT2D eigenvalue weighted by Crippen LogP contribution is -2.36. The molecule has 17 heavy (non-hydrogen) atoms. The molecular formula is C12H18BrN3O. The van der Waals surface area contributed by atoms with Gasteiger partial charge in [-0.1, -0.05) is 13.8 Å². The first-order valence-electron chi connectivity index (χ1n) is 5.59. The van der Waals surface area contributed by atoms with Crippen molar-refractivity contribution in [2.24, 2.45) is 5.92 Å². The van der Waals surface area contributed by atoms with Gasteiger partial charge in [-0.2, -0.15) is 0 Å². The van der Waals surface area contributed by atoms with Crippen LogP contribution in [0.3, 0.4) is 0 Å². The third-order valence-corrected chi connectivity index (χ3v) is 3.13. The summed E-state index contributed by atoms with van der Waals surface area (Å²) in [5.74, 6) is 0.878. The van der Waals surface area contributed by atoms with Gasteiger partial charge >= 0.3 is 0 Å². The summed E-state index contributed by atoms with van der Waals surface area (Å²) in [5.41, 5.74) is 0.550. The molecule has 1 aromatic heterocycles. The van der Waals surface area contributed by atoms with Gasteiger partial charge in [0.25, 0.3) is 5.91 Å². The average molecular weight is 300 g/mol. The Hall–Kier alpha value is -1.10. The number of hydrogen-bond donors (Lipinski definition) is 2. The van der Waals surface area contributed by atoms with E-state index < -0.39 is 0 Å². The molecule has 0 fully saturated rings. The predicted octanol–water partition coefficient (Wildman–Crippen LogP) is 2.66. The van der Waals surface area contributed by atoms with E-state index in [4.69, 9.17) is 0 Å². The highest BCUT2D eigenvalue weighted by Gasteiger charge is 2.16. The van der Waals surface area contributed by atoms with E-state index in [1.54, 1.807) is 19.3 Å². The fourth-order valence-corrected chi connectivity index (χ4v) is 1.59. The normalized spacial score (nSPS) is 12.4. The minimum Gasteiger partial charge on any atom is -0.372 e. The second kappa shape index (κ2) is 6.00. The number of carbonyl (C=O) groups excluding carboxylic acids is 1. The summed E-state index contributed by atoms with van der Waals surface area (Å²) in [4.78, 5) is 16.2. The Balaban J connectivity index is 2.91. The zero-order valence-corrected chi connectivity index (χ0v) is 12.1. The molecule has 0 aliphatic carbocycles. The molecule has 5 heteroatoms. The molecule has 0 spiro atoms. The average Bonchev–Trinajstić information content (AvgIpc) is 2.28. The van der Waals surface area contributed by atoms with Gasteiger partial charge in [0.1, 0.15) is 5.82 Å². The SMILES string of the molecule is CNc1ncc(Br)cc1C(=O)NC(C)C(C)C. The minimum atomic E-state index is -0.107. The van der Waals surface area contributed by atoms with Gasteiger partial charge in [0, 0.05) is 23.8 Å². The first kappa shape index (κ1) is 14.0. The fraction of sp³-hybridized carbons (Fsp3) is 0.500. The Labute approximate surface area is 110 Å². The van der Waals surface area contributed by atoms with Crippen molar-refractivity contribution in [3.05, 3.63) is 22.3 Å². The van der Waals surface area contributed by atoms with E-state index in [0.717, 1.165) is 4.47 Å². The van der Waals surface area contributed by atoms with Crippen molar-refractivity contribution >= 4 is 27.7 Å². The summed E-state index contributed by atoms with van der Waals surface area (Å²) in [7, 11) is 1.75. The second-order valence-electron chi connectivity index (χ2n) is 4.31. The minimum absolute atomic E-state index is 0.107. The number of halogens is 1. The Morgan fingerprint density at radius 1 is 1.41 bits per heavy atom. The topological polar surface area (TPSA) is 54.0 Å². The highest BCUT2D eigenvalue weighted by Crippen LogP contribution is 2.18. The molecule has 1 amide bonds. The Morgan fingerprint density at radius 3 is 2.59 bits per heavy atom. The molecule has 1 rings (SSSR count). The molecule has 0 aromatic carbocycles. The maximum absolute atomic E-state index is 12.1. The Morgan fingerprint density at radius 2 is 2.06 bits per heavy atom. The number of rotatable bonds is 4. The zero-order chi connectivity index (χ0) is 13.0. The molecule has 1 aromatic rings. The van der Waals surface area contributed by atoms with Crippen molar-refractivity contribution in [1.82, 2.24) is 10.3 Å². The number of pyridine rings is 1. The quantitative estimate of drug-likeness (QED) is 0.899. The van der Waals surface area contributed by atoms with Crippen molar-refractivity contribution in [3.8, 4) is 0 Å². The van der Waals surface area contributed by atoms with Crippen molar-refractivity contribution < 1.29 is 4.79 Å². The summed E-state index contributed by atoms with van der Waals surface area (Å²) in [5, 5.41) is 5.87. The van der Waals surface area contributed by atoms with Crippen molar-refractivity contribution in [2.45, 2.75) is 26.8 Å². The fourth-order valence-electron chi connectivity index (χ4n) is 1.26. The zero-order valence-electron chi connectivity index (χ0n) is 10.5. The number of anilines is 1. The molecule has 0 aliphatic heterocycles. The molecule has 0 bridgehead atoms. The lowest BCUT2D eigenvalue weighted by Gasteiger charge is -2.18. The van der Waals surface area contributed by atoms with Crippen LogP contribution in [0.25, 0.3) is 0 Å². The number of aromatic nitrogens is 1. The van der Waals surface area contributed by atoms with Crippen LogP contribution in [-0.4, -0.2) is 24.0 Å². The van der Waals surface area contributed by atoms with Crippen LogP contribution in [0.1, 0.15) is 31.1 Å². The monoisotopic (exact) mass is 299 g/mol. The molecule has 4 nitrogen and oxygen atoms in total. The smallest absolute Gasteiger partial charge is 0.255 e. The molecule has 0 saturated heterocycles. The molecule has 2 N–H and O–H groups in total. The highest BCUT2D eigenvalue weighted by molar-refractivity contribution is 9.10. The number of nitrogens with one attached hydrogen (secondary N) is 2. The predicted molar refractivity (Wildman–Crippen MR) is 73.2 cm³/mol. The van der Waals surface area contributed by atoms with Gasteiger partial charge in [0.2, 0.25) is 0 Å². The van der Waals surface area contributed by atoms with E-state index in [-0.39, 0.29) is 11.9 Å². The Bertz CT molecular complexity index is 407. The van der Waals surface area contributed by atoms with Crippen molar-refractivity contribution in [2.75, 3.05) is 12.4 Å². The van der Waals surface area contributed by atoms with E-state index in [1.807, 2.05) is 6.92 Å². The van der Waals surface area contributed by atoms with Gasteiger partial charge in [0.05, 0.1) is 5.56 Å². The van der Waals surface area contributed by atoms with Gasteiger partial charge in [-0.15, -0.1) is 0 Å². The number of hydrogen-bond acceptors (Lipinski definition) is 3. The largest absolute Gasteiger partial charge is 0.372 e. The lowest BCUT2D eigenvalue weighted by molar-refractivity contribution is 0.0931. The molecule has 0 saturated carbocycles. The van der Waals surface area contributed by atoms with Crippen LogP contribution in [0.4, 0.5) is 5.82 Å². The van der Waals surface area contributed by atoms with Gasteiger partial charge in [-0.05, 0) is 34.8 Å². The van der Waals surface area contributed by atoms with Crippen LogP contribution >= 0.6 is 15.9 Å². The van der Waals surface area contributed by atoms with Crippen LogP contribution in [0.2, 0.25) is 0 Å². The molecule has 0 radical (unpaired) electrons. The standard InChI is InChI=1S/C12H18BrN3O/c1-7(2)8(3)16-12(17)10-5-9(13)6-15-11(10)14-4/h5-8H,1-4H3,(H,14,15)(H,16,17). The number of nitrogens with zero attached hydrogens (tertiary/aromatic N) is 1. The lowest BCUT2D eigenvalue weighted by atomic mass is 10.1. The van der Waals surface area contributed by atoms with E-state index >= 15 is 0 Å². The van der Waals surface area contributed by atoms with Crippen LogP contribution in [0, 0.1) is 5.92 Å². The number of carbonyl (C=O) groups is 1. The van der Waals surface area contributed by atoms with Crippen LogP contribution < -0.4 is 10.6 Å². The van der Waals surface area contributed by atoms with E-state index in [9.17, 15) is 4.79 Å². The van der Waals surface area contributed by atoms with Crippen molar-refractivity contribution in [1.29, 1.82) is 0 Å². The Kier molecular flexibility index (Phi) is 4.93. The molecular weight excluding hydrogens is 282 g/mol. The number of amides is 1.